The van der Waals surface area contributed by atoms with Crippen LogP contribution in [-0.4, -0.2) is 51.7 Å². The fraction of sp³-hybridized carbons (Fsp3) is 0.333. The third-order valence-corrected chi connectivity index (χ3v) is 7.05. The van der Waals surface area contributed by atoms with E-state index in [1.165, 1.54) is 20.2 Å². The summed E-state index contributed by atoms with van der Waals surface area (Å²) in [6.07, 6.45) is 0. The Hall–Kier alpha value is -2.62. The molecule has 2 rings (SSSR count). The average Bonchev–Trinajstić information content (AvgIpc) is 2.70. The van der Waals surface area contributed by atoms with Crippen LogP contribution in [0.1, 0.15) is 16.7 Å². The van der Waals surface area contributed by atoms with Gasteiger partial charge in [0.1, 0.15) is 0 Å². The Labute approximate surface area is 188 Å². The number of hydrogen-bond acceptors (Lipinski definition) is 5. The number of benzene rings is 2. The Kier molecular flexibility index (Phi) is 8.05. The van der Waals surface area contributed by atoms with E-state index in [0.29, 0.717) is 16.4 Å². The molecule has 0 spiro atoms. The van der Waals surface area contributed by atoms with Crippen LogP contribution in [0.25, 0.3) is 0 Å². The quantitative estimate of drug-likeness (QED) is 0.554. The van der Waals surface area contributed by atoms with Crippen LogP contribution < -0.4 is 16.0 Å². The lowest BCUT2D eigenvalue weighted by Crippen LogP contribution is -2.36. The molecular formula is C21H27ClN4O4S. The molecule has 2 aromatic carbocycles. The summed E-state index contributed by atoms with van der Waals surface area (Å²) in [5.41, 5.74) is 3.47. The SMILES string of the molecule is Cc1cc(S(=O)(=O)N(C)C)cc(NCC(=O)NCC(=O)Nc2cccc(Cl)c2C)c1C. The van der Waals surface area contributed by atoms with Crippen molar-refractivity contribution in [1.82, 2.24) is 9.62 Å². The van der Waals surface area contributed by atoms with Gasteiger partial charge in [0.05, 0.1) is 18.0 Å². The summed E-state index contributed by atoms with van der Waals surface area (Å²) in [6, 6.07) is 8.27. The van der Waals surface area contributed by atoms with Gasteiger partial charge in [-0.25, -0.2) is 12.7 Å². The standard InChI is InChI=1S/C21H27ClN4O4S/c1-13-9-16(31(29,30)26(4)5)10-19(14(13)2)23-11-20(27)24-12-21(28)25-18-8-6-7-17(22)15(18)3/h6-10,23H,11-12H2,1-5H3,(H,24,27)(H,25,28). The van der Waals surface area contributed by atoms with Gasteiger partial charge in [-0.1, -0.05) is 17.7 Å². The zero-order chi connectivity index (χ0) is 23.3. The van der Waals surface area contributed by atoms with E-state index in [4.69, 9.17) is 11.6 Å². The molecule has 8 nitrogen and oxygen atoms in total. The van der Waals surface area contributed by atoms with Crippen LogP contribution in [0.15, 0.2) is 35.2 Å². The van der Waals surface area contributed by atoms with Gasteiger partial charge in [0, 0.05) is 30.5 Å². The minimum absolute atomic E-state index is 0.116. The van der Waals surface area contributed by atoms with Crippen molar-refractivity contribution < 1.29 is 18.0 Å². The van der Waals surface area contributed by atoms with Crippen LogP contribution in [0.3, 0.4) is 0 Å². The Balaban J connectivity index is 1.97. The highest BCUT2D eigenvalue weighted by Crippen LogP contribution is 2.25. The molecule has 0 aliphatic rings. The van der Waals surface area contributed by atoms with Crippen molar-refractivity contribution in [3.05, 3.63) is 52.0 Å². The van der Waals surface area contributed by atoms with Gasteiger partial charge in [0.2, 0.25) is 21.8 Å². The van der Waals surface area contributed by atoms with Gasteiger partial charge in [0.15, 0.2) is 0 Å². The molecule has 0 saturated heterocycles. The summed E-state index contributed by atoms with van der Waals surface area (Å²) in [5.74, 6) is -0.791. The Morgan fingerprint density at radius 3 is 2.29 bits per heavy atom. The molecule has 0 unspecified atom stereocenters. The van der Waals surface area contributed by atoms with Crippen LogP contribution in [0, 0.1) is 20.8 Å². The molecule has 0 heterocycles. The van der Waals surface area contributed by atoms with Crippen molar-refractivity contribution in [2.45, 2.75) is 25.7 Å². The first-order valence-corrected chi connectivity index (χ1v) is 11.3. The second-order valence-corrected chi connectivity index (χ2v) is 9.85. The maximum absolute atomic E-state index is 12.4. The minimum atomic E-state index is -3.60. The molecule has 0 radical (unpaired) electrons. The van der Waals surface area contributed by atoms with Gasteiger partial charge in [-0.3, -0.25) is 9.59 Å². The summed E-state index contributed by atoms with van der Waals surface area (Å²) in [7, 11) is -0.686. The minimum Gasteiger partial charge on any atom is -0.376 e. The van der Waals surface area contributed by atoms with Gasteiger partial charge in [0.25, 0.3) is 0 Å². The molecule has 168 valence electrons. The second-order valence-electron chi connectivity index (χ2n) is 7.29. The average molecular weight is 467 g/mol. The zero-order valence-corrected chi connectivity index (χ0v) is 19.7. The molecule has 0 aliphatic heterocycles. The summed E-state index contributed by atoms with van der Waals surface area (Å²) < 4.78 is 26.0. The van der Waals surface area contributed by atoms with E-state index in [9.17, 15) is 18.0 Å². The summed E-state index contributed by atoms with van der Waals surface area (Å²) in [5, 5.41) is 8.72. The fourth-order valence-electron chi connectivity index (χ4n) is 2.72. The lowest BCUT2D eigenvalue weighted by atomic mass is 10.1. The van der Waals surface area contributed by atoms with Crippen molar-refractivity contribution in [3.63, 3.8) is 0 Å². The number of halogens is 1. The molecule has 0 aliphatic carbocycles. The maximum atomic E-state index is 12.4. The number of carbonyl (C=O) groups excluding carboxylic acids is 2. The van der Waals surface area contributed by atoms with Crippen molar-refractivity contribution >= 4 is 44.8 Å². The lowest BCUT2D eigenvalue weighted by molar-refractivity contribution is -0.122. The molecule has 0 saturated carbocycles. The van der Waals surface area contributed by atoms with Crippen LogP contribution in [-0.2, 0) is 19.6 Å². The summed E-state index contributed by atoms with van der Waals surface area (Å²) >= 11 is 6.03. The lowest BCUT2D eigenvalue weighted by Gasteiger charge is -2.17. The predicted molar refractivity (Wildman–Crippen MR) is 123 cm³/mol. The number of nitrogens with one attached hydrogen (secondary N) is 3. The molecule has 2 amide bonds. The molecule has 3 N–H and O–H groups in total. The number of aryl methyl sites for hydroxylation is 1. The molecule has 0 bridgehead atoms. The van der Waals surface area contributed by atoms with Crippen molar-refractivity contribution in [3.8, 4) is 0 Å². The first-order chi connectivity index (χ1) is 14.4. The van der Waals surface area contributed by atoms with Crippen LogP contribution >= 0.6 is 11.6 Å². The highest BCUT2D eigenvalue weighted by Gasteiger charge is 2.19. The first-order valence-electron chi connectivity index (χ1n) is 9.52. The van der Waals surface area contributed by atoms with Gasteiger partial charge in [-0.2, -0.15) is 0 Å². The van der Waals surface area contributed by atoms with Gasteiger partial charge >= 0.3 is 0 Å². The topological polar surface area (TPSA) is 108 Å². The number of carbonyl (C=O) groups is 2. The number of hydrogen-bond donors (Lipinski definition) is 3. The Morgan fingerprint density at radius 2 is 1.65 bits per heavy atom. The van der Waals surface area contributed by atoms with E-state index in [1.54, 1.807) is 38.1 Å². The smallest absolute Gasteiger partial charge is 0.243 e. The number of amides is 2. The number of sulfonamides is 1. The second kappa shape index (κ2) is 10.1. The fourth-order valence-corrected chi connectivity index (χ4v) is 3.91. The van der Waals surface area contributed by atoms with Crippen LogP contribution in [0.4, 0.5) is 11.4 Å². The normalized spacial score (nSPS) is 11.3. The van der Waals surface area contributed by atoms with Crippen LogP contribution in [0.2, 0.25) is 5.02 Å². The van der Waals surface area contributed by atoms with Crippen molar-refractivity contribution in [2.75, 3.05) is 37.8 Å². The van der Waals surface area contributed by atoms with Crippen molar-refractivity contribution in [2.24, 2.45) is 0 Å². The van der Waals surface area contributed by atoms with E-state index in [1.807, 2.05) is 6.92 Å². The van der Waals surface area contributed by atoms with Gasteiger partial charge < -0.3 is 16.0 Å². The number of anilines is 2. The van der Waals surface area contributed by atoms with E-state index in [2.05, 4.69) is 16.0 Å². The highest BCUT2D eigenvalue weighted by molar-refractivity contribution is 7.89. The highest BCUT2D eigenvalue weighted by atomic mass is 35.5. The Morgan fingerprint density at radius 1 is 0.968 bits per heavy atom. The van der Waals surface area contributed by atoms with E-state index >= 15 is 0 Å². The molecule has 0 fully saturated rings. The molecule has 31 heavy (non-hydrogen) atoms. The molecule has 0 aromatic heterocycles. The Bertz CT molecular complexity index is 1100. The largest absolute Gasteiger partial charge is 0.376 e. The van der Waals surface area contributed by atoms with Gasteiger partial charge in [-0.05, 0) is 61.7 Å². The van der Waals surface area contributed by atoms with E-state index in [0.717, 1.165) is 21.0 Å². The summed E-state index contributed by atoms with van der Waals surface area (Å²) in [6.45, 7) is 5.10. The number of nitrogens with zero attached hydrogens (tertiary/aromatic N) is 1. The van der Waals surface area contributed by atoms with Gasteiger partial charge in [-0.15, -0.1) is 0 Å². The maximum Gasteiger partial charge on any atom is 0.243 e. The molecule has 2 aromatic rings. The molecular weight excluding hydrogens is 440 g/mol. The monoisotopic (exact) mass is 466 g/mol. The molecule has 10 heteroatoms. The first kappa shape index (κ1) is 24.6. The van der Waals surface area contributed by atoms with Crippen molar-refractivity contribution in [1.29, 1.82) is 0 Å². The predicted octanol–water partition coefficient (Wildman–Crippen LogP) is 2.68. The third kappa shape index (κ3) is 6.19. The number of rotatable bonds is 8. The van der Waals surface area contributed by atoms with Crippen LogP contribution in [0.5, 0.6) is 0 Å². The summed E-state index contributed by atoms with van der Waals surface area (Å²) in [4.78, 5) is 24.4. The zero-order valence-electron chi connectivity index (χ0n) is 18.2. The molecule has 0 atom stereocenters. The third-order valence-electron chi connectivity index (χ3n) is 4.85. The van der Waals surface area contributed by atoms with E-state index in [-0.39, 0.29) is 23.9 Å². The van der Waals surface area contributed by atoms with E-state index < -0.39 is 15.9 Å².